The van der Waals surface area contributed by atoms with Crippen LogP contribution in [0.5, 0.6) is 11.5 Å². The van der Waals surface area contributed by atoms with Crippen molar-refractivity contribution >= 4 is 35.1 Å². The predicted octanol–water partition coefficient (Wildman–Crippen LogP) is 2.79. The van der Waals surface area contributed by atoms with E-state index in [1.54, 1.807) is 52.0 Å². The Hall–Kier alpha value is -2.64. The highest BCUT2D eigenvalue weighted by atomic mass is 35.5. The zero-order chi connectivity index (χ0) is 30.5. The number of nitrogens with one attached hydrogen (secondary N) is 1. The van der Waals surface area contributed by atoms with Crippen LogP contribution >= 0.6 is 23.2 Å². The second-order valence-corrected chi connectivity index (χ2v) is 11.2. The first kappa shape index (κ1) is 32.9. The standard InChI is InChI=1S/C28H35Cl2NO10/c1-14-17(26(36)31-22-24(35)23(34)19(11-32)40-27(22)37-5)10-18(29)25(21(14)30)39-12-15-7-6-8-16(9-15)38-13-20(33)41-28(2,3)4/h6-10,19,22-24,27,32,34-35H,11-13H2,1-5H3,(H,31,36)/t19-,22-,23-,24-,27+/m1/s1. The first-order valence-corrected chi connectivity index (χ1v) is 13.5. The number of methoxy groups -OCH3 is 1. The zero-order valence-electron chi connectivity index (χ0n) is 23.4. The van der Waals surface area contributed by atoms with E-state index in [9.17, 15) is 24.9 Å². The third-order valence-electron chi connectivity index (χ3n) is 6.13. The Kier molecular flexibility index (Phi) is 11.2. The van der Waals surface area contributed by atoms with Gasteiger partial charge < -0.3 is 44.3 Å². The SMILES string of the molecule is CO[C@H]1O[C@H](CO)[C@@H](O)[C@H](O)[C@H]1NC(=O)c1cc(Cl)c(OCc2cccc(OCC(=O)OC(C)(C)C)c2)c(Cl)c1C. The minimum absolute atomic E-state index is 0.0547. The zero-order valence-corrected chi connectivity index (χ0v) is 24.9. The normalized spacial score (nSPS) is 22.6. The molecule has 0 unspecified atom stereocenters. The molecular weight excluding hydrogens is 581 g/mol. The van der Waals surface area contributed by atoms with Crippen molar-refractivity contribution in [3.8, 4) is 11.5 Å². The first-order valence-electron chi connectivity index (χ1n) is 12.8. The summed E-state index contributed by atoms with van der Waals surface area (Å²) in [6, 6.07) is 7.14. The molecule has 2 aromatic rings. The fourth-order valence-electron chi connectivity index (χ4n) is 4.12. The monoisotopic (exact) mass is 615 g/mol. The minimum Gasteiger partial charge on any atom is -0.486 e. The lowest BCUT2D eigenvalue weighted by atomic mass is 9.96. The van der Waals surface area contributed by atoms with Gasteiger partial charge in [0, 0.05) is 12.7 Å². The average Bonchev–Trinajstić information content (AvgIpc) is 2.91. The molecule has 13 heteroatoms. The van der Waals surface area contributed by atoms with Crippen LogP contribution in [-0.4, -0.2) is 83.8 Å². The van der Waals surface area contributed by atoms with Crippen LogP contribution in [0.2, 0.25) is 10.0 Å². The van der Waals surface area contributed by atoms with Crippen molar-refractivity contribution in [1.29, 1.82) is 0 Å². The number of amides is 1. The summed E-state index contributed by atoms with van der Waals surface area (Å²) in [7, 11) is 1.30. The molecule has 0 spiro atoms. The number of esters is 1. The molecule has 0 aliphatic carbocycles. The number of hydrogen-bond acceptors (Lipinski definition) is 10. The summed E-state index contributed by atoms with van der Waals surface area (Å²) in [5.41, 5.74) is 0.542. The molecular formula is C28H35Cl2NO10. The van der Waals surface area contributed by atoms with E-state index < -0.39 is 54.7 Å². The molecule has 11 nitrogen and oxygen atoms in total. The number of carbonyl (C=O) groups excluding carboxylic acids is 2. The fraction of sp³-hybridized carbons (Fsp3) is 0.500. The molecule has 0 radical (unpaired) electrons. The van der Waals surface area contributed by atoms with Gasteiger partial charge in [-0.15, -0.1) is 0 Å². The average molecular weight is 616 g/mol. The van der Waals surface area contributed by atoms with E-state index in [0.717, 1.165) is 0 Å². The predicted molar refractivity (Wildman–Crippen MR) is 149 cm³/mol. The van der Waals surface area contributed by atoms with Crippen LogP contribution in [0, 0.1) is 6.92 Å². The van der Waals surface area contributed by atoms with Crippen molar-refractivity contribution in [3.63, 3.8) is 0 Å². The largest absolute Gasteiger partial charge is 0.486 e. The van der Waals surface area contributed by atoms with E-state index >= 15 is 0 Å². The summed E-state index contributed by atoms with van der Waals surface area (Å²) in [5.74, 6) is -0.557. The number of carbonyl (C=O) groups is 2. The highest BCUT2D eigenvalue weighted by Crippen LogP contribution is 2.38. The van der Waals surface area contributed by atoms with Gasteiger partial charge in [0.15, 0.2) is 18.6 Å². The maximum Gasteiger partial charge on any atom is 0.344 e. The van der Waals surface area contributed by atoms with Crippen molar-refractivity contribution in [2.75, 3.05) is 20.3 Å². The highest BCUT2D eigenvalue weighted by molar-refractivity contribution is 6.38. The molecule has 226 valence electrons. The molecule has 1 aliphatic heterocycles. The number of benzene rings is 2. The second kappa shape index (κ2) is 14.0. The summed E-state index contributed by atoms with van der Waals surface area (Å²) in [4.78, 5) is 25.1. The lowest BCUT2D eigenvalue weighted by molar-refractivity contribution is -0.261. The fourth-order valence-corrected chi connectivity index (χ4v) is 4.69. The number of hydrogen-bond donors (Lipinski definition) is 4. The van der Waals surface area contributed by atoms with Gasteiger partial charge in [0.1, 0.15) is 42.3 Å². The Labute approximate surface area is 248 Å². The molecule has 0 saturated carbocycles. The van der Waals surface area contributed by atoms with Crippen LogP contribution in [0.25, 0.3) is 0 Å². The molecule has 0 bridgehead atoms. The molecule has 41 heavy (non-hydrogen) atoms. The number of aliphatic hydroxyl groups excluding tert-OH is 3. The van der Waals surface area contributed by atoms with Crippen molar-refractivity contribution in [2.45, 2.75) is 70.5 Å². The Bertz CT molecular complexity index is 1230. The van der Waals surface area contributed by atoms with Crippen molar-refractivity contribution in [2.24, 2.45) is 0 Å². The van der Waals surface area contributed by atoms with Crippen LogP contribution in [0.15, 0.2) is 30.3 Å². The van der Waals surface area contributed by atoms with Crippen LogP contribution in [0.4, 0.5) is 0 Å². The summed E-state index contributed by atoms with van der Waals surface area (Å²) in [6.45, 7) is 6.16. The molecule has 4 N–H and O–H groups in total. The summed E-state index contributed by atoms with van der Waals surface area (Å²) >= 11 is 13.0. The lowest BCUT2D eigenvalue weighted by Gasteiger charge is -2.41. The van der Waals surface area contributed by atoms with Crippen molar-refractivity contribution in [1.82, 2.24) is 5.32 Å². The van der Waals surface area contributed by atoms with Gasteiger partial charge in [0.25, 0.3) is 5.91 Å². The molecule has 1 amide bonds. The maximum absolute atomic E-state index is 13.1. The van der Waals surface area contributed by atoms with Crippen molar-refractivity contribution in [3.05, 3.63) is 57.1 Å². The third-order valence-corrected chi connectivity index (χ3v) is 6.87. The van der Waals surface area contributed by atoms with Crippen LogP contribution in [0.1, 0.15) is 42.3 Å². The first-order chi connectivity index (χ1) is 19.2. The number of ether oxygens (including phenoxy) is 5. The molecule has 2 aromatic carbocycles. The number of halogens is 2. The van der Waals surface area contributed by atoms with Crippen LogP contribution in [0.3, 0.4) is 0 Å². The van der Waals surface area contributed by atoms with Gasteiger partial charge in [-0.2, -0.15) is 0 Å². The Morgan fingerprint density at radius 2 is 1.80 bits per heavy atom. The smallest absolute Gasteiger partial charge is 0.344 e. The van der Waals surface area contributed by atoms with Gasteiger partial charge in [-0.3, -0.25) is 4.79 Å². The topological polar surface area (TPSA) is 153 Å². The van der Waals surface area contributed by atoms with Crippen molar-refractivity contribution < 1.29 is 48.6 Å². The molecule has 3 rings (SSSR count). The van der Waals surface area contributed by atoms with Gasteiger partial charge in [0.05, 0.1) is 16.7 Å². The minimum atomic E-state index is -1.48. The van der Waals surface area contributed by atoms with E-state index in [2.05, 4.69) is 5.32 Å². The van der Waals surface area contributed by atoms with Gasteiger partial charge in [-0.1, -0.05) is 35.3 Å². The van der Waals surface area contributed by atoms with E-state index in [1.165, 1.54) is 13.2 Å². The molecule has 1 fully saturated rings. The molecule has 1 aliphatic rings. The molecule has 5 atom stereocenters. The Morgan fingerprint density at radius 3 is 2.44 bits per heavy atom. The molecule has 0 aromatic heterocycles. The lowest BCUT2D eigenvalue weighted by Crippen LogP contribution is -2.64. The van der Waals surface area contributed by atoms with Gasteiger partial charge in [-0.05, 0) is 57.0 Å². The molecule has 1 saturated heterocycles. The quantitative estimate of drug-likeness (QED) is 0.293. The third kappa shape index (κ3) is 8.45. The van der Waals surface area contributed by atoms with E-state index in [1.807, 2.05) is 0 Å². The Balaban J connectivity index is 1.69. The van der Waals surface area contributed by atoms with Crippen LogP contribution in [-0.2, 0) is 25.6 Å². The van der Waals surface area contributed by atoms with E-state index in [-0.39, 0.29) is 34.6 Å². The summed E-state index contributed by atoms with van der Waals surface area (Å²) in [6.07, 6.45) is -5.15. The number of aliphatic hydroxyl groups is 3. The van der Waals surface area contributed by atoms with Gasteiger partial charge in [0.2, 0.25) is 0 Å². The van der Waals surface area contributed by atoms with Gasteiger partial charge in [-0.25, -0.2) is 4.79 Å². The maximum atomic E-state index is 13.1. The highest BCUT2D eigenvalue weighted by Gasteiger charge is 2.45. The second-order valence-electron chi connectivity index (χ2n) is 10.4. The summed E-state index contributed by atoms with van der Waals surface area (Å²) in [5, 5.41) is 32.9. The van der Waals surface area contributed by atoms with Gasteiger partial charge >= 0.3 is 5.97 Å². The number of rotatable bonds is 10. The van der Waals surface area contributed by atoms with E-state index in [4.69, 9.17) is 46.9 Å². The van der Waals surface area contributed by atoms with E-state index in [0.29, 0.717) is 16.9 Å². The summed E-state index contributed by atoms with van der Waals surface area (Å²) < 4.78 is 27.3. The van der Waals surface area contributed by atoms with Crippen LogP contribution < -0.4 is 14.8 Å². The Morgan fingerprint density at radius 1 is 1.10 bits per heavy atom. The molecule has 1 heterocycles.